The fourth-order valence-electron chi connectivity index (χ4n) is 1.81. The minimum atomic E-state index is -3.55. The lowest BCUT2D eigenvalue weighted by Gasteiger charge is -2.14. The van der Waals surface area contributed by atoms with Crippen LogP contribution in [0.15, 0.2) is 23.2 Å². The van der Waals surface area contributed by atoms with Crippen LogP contribution < -0.4 is 4.72 Å². The van der Waals surface area contributed by atoms with Gasteiger partial charge in [0.15, 0.2) is 0 Å². The molecule has 0 saturated heterocycles. The van der Waals surface area contributed by atoms with Gasteiger partial charge in [0.2, 0.25) is 10.0 Å². The molecule has 0 aromatic carbocycles. The SMILES string of the molecule is O=S(=O)(NCC1(CCO)CC1)c1ccnc(Cl)c1. The summed E-state index contributed by atoms with van der Waals surface area (Å²) in [7, 11) is -3.55. The Hall–Kier alpha value is -0.690. The third-order valence-corrected chi connectivity index (χ3v) is 4.85. The molecule has 0 radical (unpaired) electrons. The summed E-state index contributed by atoms with van der Waals surface area (Å²) >= 11 is 5.67. The maximum absolute atomic E-state index is 12.0. The van der Waals surface area contributed by atoms with Gasteiger partial charge in [0.25, 0.3) is 0 Å². The van der Waals surface area contributed by atoms with E-state index in [1.807, 2.05) is 0 Å². The van der Waals surface area contributed by atoms with Gasteiger partial charge in [-0.15, -0.1) is 0 Å². The van der Waals surface area contributed by atoms with Crippen LogP contribution in [0.2, 0.25) is 5.15 Å². The van der Waals surface area contributed by atoms with Crippen molar-refractivity contribution in [2.45, 2.75) is 24.2 Å². The molecule has 1 heterocycles. The van der Waals surface area contributed by atoms with Crippen molar-refractivity contribution in [3.63, 3.8) is 0 Å². The van der Waals surface area contributed by atoms with E-state index in [0.717, 1.165) is 12.8 Å². The van der Waals surface area contributed by atoms with Gasteiger partial charge < -0.3 is 5.11 Å². The number of sulfonamides is 1. The standard InChI is InChI=1S/C11H15ClN2O3S/c12-10-7-9(1-5-13-10)18(16,17)14-8-11(2-3-11)4-6-15/h1,5,7,14-15H,2-4,6,8H2. The number of aromatic nitrogens is 1. The van der Waals surface area contributed by atoms with Crippen molar-refractivity contribution in [3.8, 4) is 0 Å². The largest absolute Gasteiger partial charge is 0.396 e. The lowest BCUT2D eigenvalue weighted by Crippen LogP contribution is -2.30. The third kappa shape index (κ3) is 3.20. The molecule has 0 unspecified atom stereocenters. The highest BCUT2D eigenvalue weighted by atomic mass is 35.5. The Morgan fingerprint density at radius 2 is 2.22 bits per heavy atom. The van der Waals surface area contributed by atoms with Gasteiger partial charge in [-0.25, -0.2) is 18.1 Å². The zero-order valence-electron chi connectivity index (χ0n) is 9.76. The summed E-state index contributed by atoms with van der Waals surface area (Å²) < 4.78 is 26.6. The molecule has 1 aliphatic rings. The van der Waals surface area contributed by atoms with Crippen LogP contribution in [0.3, 0.4) is 0 Å². The molecule has 7 heteroatoms. The summed E-state index contributed by atoms with van der Waals surface area (Å²) in [5.41, 5.74) is -0.0569. The molecule has 1 aromatic heterocycles. The van der Waals surface area contributed by atoms with Crippen LogP contribution >= 0.6 is 11.6 Å². The molecule has 2 N–H and O–H groups in total. The van der Waals surface area contributed by atoms with Gasteiger partial charge in [-0.2, -0.15) is 0 Å². The van der Waals surface area contributed by atoms with E-state index in [0.29, 0.717) is 13.0 Å². The summed E-state index contributed by atoms with van der Waals surface area (Å²) in [5, 5.41) is 9.07. The van der Waals surface area contributed by atoms with Crippen molar-refractivity contribution in [1.82, 2.24) is 9.71 Å². The topological polar surface area (TPSA) is 79.3 Å². The quantitative estimate of drug-likeness (QED) is 0.771. The van der Waals surface area contributed by atoms with E-state index in [9.17, 15) is 8.42 Å². The van der Waals surface area contributed by atoms with Crippen molar-refractivity contribution in [2.24, 2.45) is 5.41 Å². The molecular weight excluding hydrogens is 276 g/mol. The van der Waals surface area contributed by atoms with Crippen LogP contribution in [-0.2, 0) is 10.0 Å². The van der Waals surface area contributed by atoms with Crippen LogP contribution in [0.5, 0.6) is 0 Å². The third-order valence-electron chi connectivity index (χ3n) is 3.24. The summed E-state index contributed by atoms with van der Waals surface area (Å²) in [6.45, 7) is 0.443. The normalized spacial score (nSPS) is 17.7. The Labute approximate surface area is 111 Å². The van der Waals surface area contributed by atoms with Gasteiger partial charge in [0.1, 0.15) is 5.15 Å². The van der Waals surface area contributed by atoms with E-state index in [2.05, 4.69) is 9.71 Å². The molecular formula is C11H15ClN2O3S. The Bertz CT molecular complexity index is 529. The second-order valence-corrected chi connectivity index (χ2v) is 6.77. The van der Waals surface area contributed by atoms with E-state index in [1.54, 1.807) is 0 Å². The first-order valence-corrected chi connectivity index (χ1v) is 7.56. The number of nitrogens with one attached hydrogen (secondary N) is 1. The highest BCUT2D eigenvalue weighted by Crippen LogP contribution is 2.48. The average molecular weight is 291 g/mol. The maximum Gasteiger partial charge on any atom is 0.240 e. The fourth-order valence-corrected chi connectivity index (χ4v) is 3.22. The summed E-state index contributed by atoms with van der Waals surface area (Å²) in [5.74, 6) is 0. The molecule has 1 aromatic rings. The molecule has 0 bridgehead atoms. The highest BCUT2D eigenvalue weighted by molar-refractivity contribution is 7.89. The monoisotopic (exact) mass is 290 g/mol. The number of nitrogens with zero attached hydrogens (tertiary/aromatic N) is 1. The van der Waals surface area contributed by atoms with Crippen LogP contribution in [0.25, 0.3) is 0 Å². The number of aliphatic hydroxyl groups excluding tert-OH is 1. The first kappa shape index (κ1) is 13.7. The Morgan fingerprint density at radius 1 is 1.50 bits per heavy atom. The van der Waals surface area contributed by atoms with Gasteiger partial charge in [0, 0.05) is 19.3 Å². The Kier molecular flexibility index (Phi) is 3.91. The minimum Gasteiger partial charge on any atom is -0.396 e. The van der Waals surface area contributed by atoms with Crippen molar-refractivity contribution in [1.29, 1.82) is 0 Å². The van der Waals surface area contributed by atoms with Crippen LogP contribution in [0.4, 0.5) is 0 Å². The van der Waals surface area contributed by atoms with Gasteiger partial charge >= 0.3 is 0 Å². The van der Waals surface area contributed by atoms with Crippen LogP contribution in [-0.4, -0.2) is 31.7 Å². The summed E-state index contributed by atoms with van der Waals surface area (Å²) in [6.07, 6.45) is 3.89. The molecule has 2 rings (SSSR count). The molecule has 100 valence electrons. The van der Waals surface area contributed by atoms with Gasteiger partial charge in [-0.3, -0.25) is 0 Å². The molecule has 0 atom stereocenters. The first-order chi connectivity index (χ1) is 8.47. The number of halogens is 1. The number of hydrogen-bond donors (Lipinski definition) is 2. The maximum atomic E-state index is 12.0. The van der Waals surface area contributed by atoms with E-state index >= 15 is 0 Å². The van der Waals surface area contributed by atoms with E-state index < -0.39 is 10.0 Å². The second kappa shape index (κ2) is 5.13. The first-order valence-electron chi connectivity index (χ1n) is 5.70. The summed E-state index contributed by atoms with van der Waals surface area (Å²) in [6, 6.07) is 2.72. The Morgan fingerprint density at radius 3 is 2.78 bits per heavy atom. The van der Waals surface area contributed by atoms with Crippen molar-refractivity contribution in [2.75, 3.05) is 13.2 Å². The highest BCUT2D eigenvalue weighted by Gasteiger charge is 2.42. The number of hydrogen-bond acceptors (Lipinski definition) is 4. The van der Waals surface area contributed by atoms with Gasteiger partial charge in [-0.1, -0.05) is 11.6 Å². The molecule has 1 fully saturated rings. The Balaban J connectivity index is 2.04. The molecule has 5 nitrogen and oxygen atoms in total. The molecule has 0 spiro atoms. The van der Waals surface area contributed by atoms with Crippen LogP contribution in [0.1, 0.15) is 19.3 Å². The number of aliphatic hydroxyl groups is 1. The molecule has 0 aliphatic heterocycles. The smallest absolute Gasteiger partial charge is 0.240 e. The minimum absolute atomic E-state index is 0.0569. The lowest BCUT2D eigenvalue weighted by atomic mass is 10.0. The van der Waals surface area contributed by atoms with Crippen LogP contribution in [0, 0.1) is 5.41 Å². The molecule has 0 amide bonds. The predicted octanol–water partition coefficient (Wildman–Crippen LogP) is 1.18. The predicted molar refractivity (Wildman–Crippen MR) is 67.8 cm³/mol. The lowest BCUT2D eigenvalue weighted by molar-refractivity contribution is 0.249. The summed E-state index contributed by atoms with van der Waals surface area (Å²) in [4.78, 5) is 3.86. The molecule has 1 saturated carbocycles. The van der Waals surface area contributed by atoms with E-state index in [1.165, 1.54) is 18.3 Å². The number of pyridine rings is 1. The number of rotatable bonds is 6. The fraction of sp³-hybridized carbons (Fsp3) is 0.545. The zero-order valence-corrected chi connectivity index (χ0v) is 11.3. The van der Waals surface area contributed by atoms with Crippen molar-refractivity contribution >= 4 is 21.6 Å². The molecule has 1 aliphatic carbocycles. The van der Waals surface area contributed by atoms with Gasteiger partial charge in [0.05, 0.1) is 4.90 Å². The van der Waals surface area contributed by atoms with E-state index in [-0.39, 0.29) is 22.1 Å². The van der Waals surface area contributed by atoms with Crippen molar-refractivity contribution in [3.05, 3.63) is 23.5 Å². The average Bonchev–Trinajstić information content (AvgIpc) is 3.08. The second-order valence-electron chi connectivity index (χ2n) is 4.61. The van der Waals surface area contributed by atoms with E-state index in [4.69, 9.17) is 16.7 Å². The zero-order chi connectivity index (χ0) is 13.2. The molecule has 18 heavy (non-hydrogen) atoms. The van der Waals surface area contributed by atoms with Gasteiger partial charge in [-0.05, 0) is 36.8 Å². The van der Waals surface area contributed by atoms with Crippen molar-refractivity contribution < 1.29 is 13.5 Å².